The van der Waals surface area contributed by atoms with Crippen LogP contribution in [-0.2, 0) is 4.79 Å². The number of H-pyrrole nitrogens is 1. The molecule has 3 aromatic heterocycles. The van der Waals surface area contributed by atoms with Crippen LogP contribution in [0.4, 0.5) is 11.5 Å². The second kappa shape index (κ2) is 10.2. The van der Waals surface area contributed by atoms with Gasteiger partial charge >= 0.3 is 0 Å². The smallest absolute Gasteiger partial charge is 0.237 e. The molecular formula is C27H32N8OS. The number of aromatic nitrogens is 4. The van der Waals surface area contributed by atoms with Crippen LogP contribution in [0.2, 0.25) is 0 Å². The van der Waals surface area contributed by atoms with Gasteiger partial charge in [-0.2, -0.15) is 0 Å². The first-order valence-electron chi connectivity index (χ1n) is 12.9. The Morgan fingerprint density at radius 2 is 1.97 bits per heavy atom. The fourth-order valence-corrected chi connectivity index (χ4v) is 5.87. The van der Waals surface area contributed by atoms with Crippen molar-refractivity contribution in [3.05, 3.63) is 47.9 Å². The van der Waals surface area contributed by atoms with Crippen LogP contribution in [0.1, 0.15) is 26.0 Å². The number of rotatable bonds is 6. The van der Waals surface area contributed by atoms with E-state index in [2.05, 4.69) is 67.1 Å². The van der Waals surface area contributed by atoms with Crippen molar-refractivity contribution in [1.29, 1.82) is 0 Å². The molecule has 0 spiro atoms. The van der Waals surface area contributed by atoms with Crippen molar-refractivity contribution in [2.24, 2.45) is 0 Å². The summed E-state index contributed by atoms with van der Waals surface area (Å²) in [5.41, 5.74) is 6.87. The number of amides is 1. The largest absolute Gasteiger partial charge is 0.340 e. The van der Waals surface area contributed by atoms with Gasteiger partial charge in [-0.05, 0) is 50.1 Å². The third-order valence-corrected chi connectivity index (χ3v) is 8.22. The van der Waals surface area contributed by atoms with Gasteiger partial charge < -0.3 is 15.2 Å². The number of hydrogen-bond donors (Lipinski definition) is 2. The zero-order valence-corrected chi connectivity index (χ0v) is 22.1. The Morgan fingerprint density at radius 1 is 1.11 bits per heavy atom. The average Bonchev–Trinajstić information content (AvgIpc) is 3.56. The molecule has 192 valence electrons. The fraction of sp³-hybridized carbons (Fsp3) is 0.407. The predicted molar refractivity (Wildman–Crippen MR) is 149 cm³/mol. The van der Waals surface area contributed by atoms with E-state index in [1.54, 1.807) is 17.7 Å². The summed E-state index contributed by atoms with van der Waals surface area (Å²) in [6.45, 7) is 10.4. The van der Waals surface area contributed by atoms with Gasteiger partial charge in [0.15, 0.2) is 0 Å². The molecule has 0 radical (unpaired) electrons. The van der Waals surface area contributed by atoms with Gasteiger partial charge in [-0.15, -0.1) is 11.3 Å². The molecule has 2 aliphatic heterocycles. The number of carbonyl (C=O) groups is 1. The summed E-state index contributed by atoms with van der Waals surface area (Å²) < 4.78 is 1.13. The molecule has 4 aromatic rings. The molecule has 6 rings (SSSR count). The minimum absolute atomic E-state index is 0.222. The third-order valence-electron chi connectivity index (χ3n) is 7.42. The van der Waals surface area contributed by atoms with Crippen LogP contribution in [0, 0.1) is 0 Å². The maximum atomic E-state index is 13.0. The first-order valence-corrected chi connectivity index (χ1v) is 13.8. The van der Waals surface area contributed by atoms with Crippen LogP contribution in [-0.4, -0.2) is 92.4 Å². The third kappa shape index (κ3) is 5.09. The Hall–Kier alpha value is -3.34. The summed E-state index contributed by atoms with van der Waals surface area (Å²) in [5.74, 6) is 0.988. The molecule has 1 amide bonds. The SMILES string of the molecule is CC(C)N1CCN(CC(=O)N2CC=C(c3cc4c(Nc5ccc6ncsc6c5)ncnc4[nH]3)CC2)CC1. The number of aromatic amines is 1. The first kappa shape index (κ1) is 24.0. The van der Waals surface area contributed by atoms with Crippen LogP contribution < -0.4 is 5.32 Å². The molecule has 37 heavy (non-hydrogen) atoms. The van der Waals surface area contributed by atoms with Crippen LogP contribution in [0.15, 0.2) is 42.2 Å². The van der Waals surface area contributed by atoms with Gasteiger partial charge in [0.25, 0.3) is 0 Å². The molecule has 0 atom stereocenters. The van der Waals surface area contributed by atoms with Gasteiger partial charge in [0, 0.05) is 56.7 Å². The number of hydrogen-bond acceptors (Lipinski definition) is 8. The summed E-state index contributed by atoms with van der Waals surface area (Å²) in [5, 5.41) is 4.39. The van der Waals surface area contributed by atoms with E-state index in [1.165, 1.54) is 5.57 Å². The van der Waals surface area contributed by atoms with E-state index in [4.69, 9.17) is 0 Å². The first-order chi connectivity index (χ1) is 18.0. The molecule has 1 saturated heterocycles. The molecule has 0 aliphatic carbocycles. The van der Waals surface area contributed by atoms with Crippen molar-refractivity contribution in [3.63, 3.8) is 0 Å². The summed E-state index contributed by atoms with van der Waals surface area (Å²) in [6.07, 6.45) is 4.56. The number of piperazine rings is 1. The Labute approximate surface area is 220 Å². The minimum Gasteiger partial charge on any atom is -0.340 e. The Balaban J connectivity index is 1.11. The number of carbonyl (C=O) groups excluding carboxylic acids is 1. The maximum absolute atomic E-state index is 13.0. The van der Waals surface area contributed by atoms with Crippen molar-refractivity contribution < 1.29 is 4.79 Å². The molecule has 9 nitrogen and oxygen atoms in total. The maximum Gasteiger partial charge on any atom is 0.237 e. The second-order valence-electron chi connectivity index (χ2n) is 10.1. The summed E-state index contributed by atoms with van der Waals surface area (Å²) >= 11 is 1.62. The molecule has 5 heterocycles. The number of anilines is 2. The zero-order valence-electron chi connectivity index (χ0n) is 21.3. The van der Waals surface area contributed by atoms with E-state index in [0.717, 1.165) is 77.6 Å². The molecule has 0 unspecified atom stereocenters. The molecule has 2 aliphatic rings. The highest BCUT2D eigenvalue weighted by atomic mass is 32.1. The lowest BCUT2D eigenvalue weighted by Gasteiger charge is -2.37. The minimum atomic E-state index is 0.222. The summed E-state index contributed by atoms with van der Waals surface area (Å²) in [6, 6.07) is 8.80. The predicted octanol–water partition coefficient (Wildman–Crippen LogP) is 3.95. The topological polar surface area (TPSA) is 93.3 Å². The Morgan fingerprint density at radius 3 is 2.76 bits per heavy atom. The van der Waals surface area contributed by atoms with Gasteiger partial charge in [0.2, 0.25) is 5.91 Å². The van der Waals surface area contributed by atoms with Crippen molar-refractivity contribution >= 4 is 55.6 Å². The van der Waals surface area contributed by atoms with Gasteiger partial charge in [-0.3, -0.25) is 14.6 Å². The lowest BCUT2D eigenvalue weighted by atomic mass is 10.0. The van der Waals surface area contributed by atoms with Gasteiger partial charge in [0.1, 0.15) is 17.8 Å². The highest BCUT2D eigenvalue weighted by Gasteiger charge is 2.24. The van der Waals surface area contributed by atoms with Crippen molar-refractivity contribution in [2.45, 2.75) is 26.3 Å². The molecule has 1 fully saturated rings. The van der Waals surface area contributed by atoms with E-state index in [1.807, 2.05) is 22.5 Å². The lowest BCUT2D eigenvalue weighted by Crippen LogP contribution is -2.52. The van der Waals surface area contributed by atoms with E-state index < -0.39 is 0 Å². The quantitative estimate of drug-likeness (QED) is 0.401. The number of thiazole rings is 1. The zero-order chi connectivity index (χ0) is 25.4. The number of nitrogens with zero attached hydrogens (tertiary/aromatic N) is 6. The molecule has 0 saturated carbocycles. The number of nitrogens with one attached hydrogen (secondary N) is 2. The van der Waals surface area contributed by atoms with Crippen molar-refractivity contribution in [2.75, 3.05) is 51.1 Å². The summed E-state index contributed by atoms with van der Waals surface area (Å²) in [4.78, 5) is 36.4. The molecular weight excluding hydrogens is 484 g/mol. The average molecular weight is 517 g/mol. The van der Waals surface area contributed by atoms with E-state index >= 15 is 0 Å². The normalized spacial score (nSPS) is 17.6. The standard InChI is InChI=1S/C27H32N8OS/c1-18(2)34-11-9-33(10-12-34)15-25(36)35-7-5-19(6-8-35)23-14-21-26(28-16-29-27(21)32-23)31-20-3-4-22-24(13-20)37-17-30-22/h3-5,13-14,16-18H,6-12,15H2,1-2H3,(H2,28,29,31,32). The lowest BCUT2D eigenvalue weighted by molar-refractivity contribution is -0.132. The monoisotopic (exact) mass is 516 g/mol. The highest BCUT2D eigenvalue weighted by Crippen LogP contribution is 2.30. The molecule has 10 heteroatoms. The fourth-order valence-electron chi connectivity index (χ4n) is 5.15. The number of fused-ring (bicyclic) bond motifs is 2. The molecule has 0 bridgehead atoms. The molecule has 2 N–H and O–H groups in total. The van der Waals surface area contributed by atoms with Crippen LogP contribution in [0.3, 0.4) is 0 Å². The van der Waals surface area contributed by atoms with Crippen LogP contribution >= 0.6 is 11.3 Å². The van der Waals surface area contributed by atoms with Crippen LogP contribution in [0.25, 0.3) is 26.8 Å². The Kier molecular flexibility index (Phi) is 6.62. The van der Waals surface area contributed by atoms with Gasteiger partial charge in [-0.1, -0.05) is 6.08 Å². The van der Waals surface area contributed by atoms with E-state index in [-0.39, 0.29) is 5.91 Å². The van der Waals surface area contributed by atoms with Crippen molar-refractivity contribution in [1.82, 2.24) is 34.6 Å². The van der Waals surface area contributed by atoms with E-state index in [9.17, 15) is 4.79 Å². The highest BCUT2D eigenvalue weighted by molar-refractivity contribution is 7.16. The Bertz CT molecular complexity index is 1450. The molecule has 1 aromatic carbocycles. The summed E-state index contributed by atoms with van der Waals surface area (Å²) in [7, 11) is 0. The van der Waals surface area contributed by atoms with Crippen molar-refractivity contribution in [3.8, 4) is 0 Å². The number of benzene rings is 1. The van der Waals surface area contributed by atoms with E-state index in [0.29, 0.717) is 19.1 Å². The van der Waals surface area contributed by atoms with Gasteiger partial charge in [-0.25, -0.2) is 15.0 Å². The van der Waals surface area contributed by atoms with Gasteiger partial charge in [0.05, 0.1) is 27.7 Å². The second-order valence-corrected chi connectivity index (χ2v) is 10.9. The van der Waals surface area contributed by atoms with Crippen LogP contribution in [0.5, 0.6) is 0 Å².